The molecule has 1 aromatic carbocycles. The van der Waals surface area contributed by atoms with E-state index in [0.29, 0.717) is 11.5 Å². The molecule has 1 nitrogen and oxygen atoms in total. The molecule has 0 aromatic heterocycles. The minimum atomic E-state index is -1.00. The lowest BCUT2D eigenvalue weighted by atomic mass is 9.77. The Labute approximate surface area is 130 Å². The van der Waals surface area contributed by atoms with Gasteiger partial charge in [0.05, 0.1) is 0 Å². The Morgan fingerprint density at radius 3 is 2.50 bits per heavy atom. The summed E-state index contributed by atoms with van der Waals surface area (Å²) in [7, 11) is 0. The van der Waals surface area contributed by atoms with Gasteiger partial charge < -0.3 is 4.74 Å². The van der Waals surface area contributed by atoms with E-state index in [4.69, 9.17) is 4.74 Å². The number of alkyl halides is 1. The molecule has 1 aliphatic carbocycles. The van der Waals surface area contributed by atoms with E-state index < -0.39 is 18.3 Å². The third-order valence-electron chi connectivity index (χ3n) is 4.48. The van der Waals surface area contributed by atoms with E-state index in [1.165, 1.54) is 6.07 Å². The van der Waals surface area contributed by atoms with Gasteiger partial charge in [-0.1, -0.05) is 12.1 Å². The Morgan fingerprint density at radius 2 is 1.86 bits per heavy atom. The van der Waals surface area contributed by atoms with Crippen LogP contribution in [0.15, 0.2) is 24.8 Å². The maximum absolute atomic E-state index is 14.2. The summed E-state index contributed by atoms with van der Waals surface area (Å²) in [5.74, 6) is -1.33. The average Bonchev–Trinajstić information content (AvgIpc) is 2.55. The predicted molar refractivity (Wildman–Crippen MR) is 82.0 cm³/mol. The molecule has 0 N–H and O–H groups in total. The molecule has 0 unspecified atom stereocenters. The van der Waals surface area contributed by atoms with Crippen LogP contribution in [0.2, 0.25) is 0 Å². The quantitative estimate of drug-likeness (QED) is 0.599. The van der Waals surface area contributed by atoms with Crippen LogP contribution in [0, 0.1) is 17.6 Å². The lowest BCUT2D eigenvalue weighted by molar-refractivity contribution is 0.257. The summed E-state index contributed by atoms with van der Waals surface area (Å²) in [4.78, 5) is 0. The highest BCUT2D eigenvalue weighted by Crippen LogP contribution is 2.39. The van der Waals surface area contributed by atoms with Crippen LogP contribution in [-0.4, -0.2) is 13.3 Å². The molecule has 1 saturated carbocycles. The minimum Gasteiger partial charge on any atom is -0.488 e. The highest BCUT2D eigenvalue weighted by Gasteiger charge is 2.26. The molecule has 1 aliphatic rings. The first-order chi connectivity index (χ1) is 10.7. The Bertz CT molecular complexity index is 493. The smallest absolute Gasteiger partial charge is 0.200 e. The van der Waals surface area contributed by atoms with Crippen molar-refractivity contribution in [2.45, 2.75) is 44.4 Å². The summed E-state index contributed by atoms with van der Waals surface area (Å²) < 4.78 is 45.1. The molecular formula is C18H23F3O. The van der Waals surface area contributed by atoms with Gasteiger partial charge in [0.15, 0.2) is 11.6 Å². The van der Waals surface area contributed by atoms with E-state index in [9.17, 15) is 13.2 Å². The van der Waals surface area contributed by atoms with Crippen LogP contribution < -0.4 is 4.74 Å². The maximum atomic E-state index is 14.2. The van der Waals surface area contributed by atoms with Crippen LogP contribution in [-0.2, 0) is 0 Å². The largest absolute Gasteiger partial charge is 0.488 e. The van der Waals surface area contributed by atoms with Crippen molar-refractivity contribution in [3.05, 3.63) is 42.0 Å². The van der Waals surface area contributed by atoms with Gasteiger partial charge in [-0.3, -0.25) is 0 Å². The topological polar surface area (TPSA) is 9.23 Å². The molecule has 0 atom stereocenters. The van der Waals surface area contributed by atoms with Gasteiger partial charge in [-0.15, -0.1) is 6.58 Å². The molecule has 0 bridgehead atoms. The van der Waals surface area contributed by atoms with Crippen molar-refractivity contribution in [2.75, 3.05) is 13.3 Å². The fourth-order valence-electron chi connectivity index (χ4n) is 3.24. The molecule has 0 saturated heterocycles. The van der Waals surface area contributed by atoms with Gasteiger partial charge in [0.25, 0.3) is 0 Å². The highest BCUT2D eigenvalue weighted by atomic mass is 19.2. The number of rotatable bonds is 7. The summed E-state index contributed by atoms with van der Waals surface area (Å²) >= 11 is 0. The van der Waals surface area contributed by atoms with Gasteiger partial charge >= 0.3 is 0 Å². The third kappa shape index (κ3) is 4.05. The Balaban J connectivity index is 2.01. The summed E-state index contributed by atoms with van der Waals surface area (Å²) in [6.07, 6.45) is 7.91. The van der Waals surface area contributed by atoms with E-state index >= 15 is 0 Å². The fourth-order valence-corrected chi connectivity index (χ4v) is 3.24. The first kappa shape index (κ1) is 16.9. The van der Waals surface area contributed by atoms with E-state index in [2.05, 4.69) is 6.58 Å². The van der Waals surface area contributed by atoms with Crippen LogP contribution >= 0.6 is 0 Å². The monoisotopic (exact) mass is 312 g/mol. The van der Waals surface area contributed by atoms with Gasteiger partial charge in [-0.2, -0.15) is 4.39 Å². The van der Waals surface area contributed by atoms with Crippen LogP contribution in [0.5, 0.6) is 5.75 Å². The molecule has 4 heteroatoms. The van der Waals surface area contributed by atoms with Crippen molar-refractivity contribution >= 4 is 0 Å². The second-order valence-corrected chi connectivity index (χ2v) is 5.90. The van der Waals surface area contributed by atoms with Gasteiger partial charge in [-0.05, 0) is 62.0 Å². The molecule has 1 aromatic rings. The van der Waals surface area contributed by atoms with Crippen molar-refractivity contribution in [2.24, 2.45) is 5.92 Å². The third-order valence-corrected chi connectivity index (χ3v) is 4.48. The number of allylic oxidation sites excluding steroid dienone is 1. The summed E-state index contributed by atoms with van der Waals surface area (Å²) in [5.41, 5.74) is 0.423. The molecule has 0 radical (unpaired) electrons. The first-order valence-electron chi connectivity index (χ1n) is 7.95. The van der Waals surface area contributed by atoms with Crippen LogP contribution in [0.4, 0.5) is 13.2 Å². The van der Waals surface area contributed by atoms with Gasteiger partial charge in [0, 0.05) is 0 Å². The van der Waals surface area contributed by atoms with Crippen LogP contribution in [0.1, 0.15) is 50.0 Å². The fraction of sp³-hybridized carbons (Fsp3) is 0.556. The van der Waals surface area contributed by atoms with E-state index in [-0.39, 0.29) is 18.3 Å². The van der Waals surface area contributed by atoms with Crippen molar-refractivity contribution in [1.82, 2.24) is 0 Å². The zero-order chi connectivity index (χ0) is 15.9. The number of hydrogen-bond acceptors (Lipinski definition) is 1. The number of benzene rings is 1. The normalized spacial score (nSPS) is 21.6. The van der Waals surface area contributed by atoms with Crippen molar-refractivity contribution < 1.29 is 17.9 Å². The molecular weight excluding hydrogens is 289 g/mol. The van der Waals surface area contributed by atoms with Crippen LogP contribution in [0.25, 0.3) is 0 Å². The summed E-state index contributed by atoms with van der Waals surface area (Å²) in [6.45, 7) is 2.75. The van der Waals surface area contributed by atoms with Crippen LogP contribution in [0.3, 0.4) is 0 Å². The SMILES string of the molecule is C=CCCC1CCC(c2ccc(OCCF)c(F)c2F)CC1. The summed E-state index contributed by atoms with van der Waals surface area (Å²) in [6, 6.07) is 2.99. The molecule has 0 aliphatic heterocycles. The zero-order valence-corrected chi connectivity index (χ0v) is 12.8. The Kier molecular flexibility index (Phi) is 6.34. The molecule has 0 spiro atoms. The zero-order valence-electron chi connectivity index (χ0n) is 12.8. The van der Waals surface area contributed by atoms with Crippen molar-refractivity contribution in [3.8, 4) is 5.75 Å². The standard InChI is InChI=1S/C18H23F3O/c1-2-3-4-13-5-7-14(8-6-13)15-9-10-16(22-12-11-19)18(21)17(15)20/h2,9-10,13-14H,1,3-8,11-12H2. The average molecular weight is 312 g/mol. The highest BCUT2D eigenvalue weighted by molar-refractivity contribution is 5.33. The molecule has 122 valence electrons. The van der Waals surface area contributed by atoms with Gasteiger partial charge in [-0.25, -0.2) is 8.78 Å². The summed E-state index contributed by atoms with van der Waals surface area (Å²) in [5, 5.41) is 0. The van der Waals surface area contributed by atoms with E-state index in [0.717, 1.165) is 38.5 Å². The Hall–Kier alpha value is -1.45. The number of halogens is 3. The predicted octanol–water partition coefficient (Wildman–Crippen LogP) is 5.55. The molecule has 2 rings (SSSR count). The van der Waals surface area contributed by atoms with Gasteiger partial charge in [0.1, 0.15) is 13.3 Å². The number of hydrogen-bond donors (Lipinski definition) is 0. The maximum Gasteiger partial charge on any atom is 0.200 e. The molecule has 0 amide bonds. The van der Waals surface area contributed by atoms with E-state index in [1.54, 1.807) is 6.07 Å². The molecule has 0 heterocycles. The van der Waals surface area contributed by atoms with Crippen molar-refractivity contribution in [3.63, 3.8) is 0 Å². The minimum absolute atomic E-state index is 0.0599. The molecule has 22 heavy (non-hydrogen) atoms. The lowest BCUT2D eigenvalue weighted by Gasteiger charge is -2.29. The second kappa shape index (κ2) is 8.25. The second-order valence-electron chi connectivity index (χ2n) is 5.90. The number of ether oxygens (including phenoxy) is 1. The Morgan fingerprint density at radius 1 is 1.14 bits per heavy atom. The first-order valence-corrected chi connectivity index (χ1v) is 7.95. The van der Waals surface area contributed by atoms with Crippen molar-refractivity contribution in [1.29, 1.82) is 0 Å². The van der Waals surface area contributed by atoms with Gasteiger partial charge in [0.2, 0.25) is 5.82 Å². The lowest BCUT2D eigenvalue weighted by Crippen LogP contribution is -2.15. The van der Waals surface area contributed by atoms with E-state index in [1.807, 2.05) is 6.08 Å². The molecule has 1 fully saturated rings.